The zero-order chi connectivity index (χ0) is 6.10. The van der Waals surface area contributed by atoms with Crippen molar-refractivity contribution in [3.63, 3.8) is 0 Å². The second kappa shape index (κ2) is 1.76. The van der Waals surface area contributed by atoms with E-state index < -0.39 is 0 Å². The number of nitrogens with one attached hydrogen (secondary N) is 2. The summed E-state index contributed by atoms with van der Waals surface area (Å²) in [6.07, 6.45) is 3.07. The minimum atomic E-state index is 0.728. The van der Waals surface area contributed by atoms with Crippen molar-refractivity contribution in [1.82, 2.24) is 10.6 Å². The summed E-state index contributed by atoms with van der Waals surface area (Å²) in [5.41, 5.74) is 1.32. The molecule has 2 rings (SSSR count). The van der Waals surface area contributed by atoms with E-state index in [-0.39, 0.29) is 0 Å². The summed E-state index contributed by atoms with van der Waals surface area (Å²) >= 11 is 0. The molecular weight excluding hydrogens is 114 g/mol. The zero-order valence-corrected chi connectivity index (χ0v) is 5.15. The van der Waals surface area contributed by atoms with Gasteiger partial charge >= 0.3 is 0 Å². The molecule has 2 aliphatic heterocycles. The number of hydrogen-bond donors (Lipinski definition) is 2. The molecule has 2 N–H and O–H groups in total. The first-order valence-electron chi connectivity index (χ1n) is 3.17. The fourth-order valence-electron chi connectivity index (χ4n) is 1.15. The third kappa shape index (κ3) is 0.686. The molecule has 0 bridgehead atoms. The second-order valence-corrected chi connectivity index (χ2v) is 2.22. The average molecular weight is 123 g/mol. The number of aliphatic imine (C=N–C) groups is 1. The Morgan fingerprint density at radius 1 is 1.44 bits per heavy atom. The molecule has 0 unspecified atom stereocenters. The molecule has 0 fully saturated rings. The minimum absolute atomic E-state index is 0.728. The van der Waals surface area contributed by atoms with Crippen LogP contribution in [-0.2, 0) is 0 Å². The lowest BCUT2D eigenvalue weighted by Crippen LogP contribution is -2.25. The van der Waals surface area contributed by atoms with E-state index in [1.165, 1.54) is 11.4 Å². The SMILES string of the molecule is C1=NCNC2=C1CCN2. The van der Waals surface area contributed by atoms with Gasteiger partial charge in [-0.25, -0.2) is 0 Å². The predicted molar refractivity (Wildman–Crippen MR) is 36.1 cm³/mol. The molecule has 2 heterocycles. The Morgan fingerprint density at radius 2 is 2.44 bits per heavy atom. The molecule has 3 nitrogen and oxygen atoms in total. The molecule has 2 aliphatic rings. The lowest BCUT2D eigenvalue weighted by molar-refractivity contribution is 0.734. The van der Waals surface area contributed by atoms with Crippen molar-refractivity contribution >= 4 is 6.21 Å². The monoisotopic (exact) mass is 123 g/mol. The van der Waals surface area contributed by atoms with Gasteiger partial charge in [0.1, 0.15) is 12.5 Å². The van der Waals surface area contributed by atoms with Crippen LogP contribution in [0, 0.1) is 0 Å². The van der Waals surface area contributed by atoms with Gasteiger partial charge in [-0.15, -0.1) is 0 Å². The van der Waals surface area contributed by atoms with Crippen molar-refractivity contribution in [2.45, 2.75) is 6.42 Å². The van der Waals surface area contributed by atoms with Crippen LogP contribution in [0.4, 0.5) is 0 Å². The standard InChI is InChI=1S/C6H9N3/c1-2-8-6-5(1)3-7-4-9-6/h3,8-9H,1-2,4H2. The Hall–Kier alpha value is -0.990. The molecule has 3 heteroatoms. The Labute approximate surface area is 53.9 Å². The molecule has 0 aromatic heterocycles. The van der Waals surface area contributed by atoms with Crippen LogP contribution >= 0.6 is 0 Å². The highest BCUT2D eigenvalue weighted by atomic mass is 15.2. The van der Waals surface area contributed by atoms with Crippen LogP contribution < -0.4 is 10.6 Å². The molecule has 0 spiro atoms. The van der Waals surface area contributed by atoms with Gasteiger partial charge in [-0.3, -0.25) is 4.99 Å². The van der Waals surface area contributed by atoms with Gasteiger partial charge in [0, 0.05) is 18.3 Å². The van der Waals surface area contributed by atoms with Crippen LogP contribution in [-0.4, -0.2) is 19.4 Å². The summed E-state index contributed by atoms with van der Waals surface area (Å²) in [5.74, 6) is 1.19. The van der Waals surface area contributed by atoms with Crippen LogP contribution in [0.2, 0.25) is 0 Å². The number of rotatable bonds is 0. The summed E-state index contributed by atoms with van der Waals surface area (Å²) < 4.78 is 0. The van der Waals surface area contributed by atoms with Gasteiger partial charge in [-0.1, -0.05) is 0 Å². The highest BCUT2D eigenvalue weighted by Crippen LogP contribution is 2.10. The maximum absolute atomic E-state index is 4.09. The zero-order valence-electron chi connectivity index (χ0n) is 5.15. The van der Waals surface area contributed by atoms with E-state index in [0.29, 0.717) is 0 Å². The first-order chi connectivity index (χ1) is 4.47. The minimum Gasteiger partial charge on any atom is -0.371 e. The summed E-state index contributed by atoms with van der Waals surface area (Å²) in [6.45, 7) is 1.79. The number of nitrogens with zero attached hydrogens (tertiary/aromatic N) is 1. The Morgan fingerprint density at radius 3 is 3.33 bits per heavy atom. The Bertz CT molecular complexity index is 181. The third-order valence-corrected chi connectivity index (χ3v) is 1.61. The van der Waals surface area contributed by atoms with Crippen LogP contribution in [0.3, 0.4) is 0 Å². The maximum Gasteiger partial charge on any atom is 0.108 e. The number of hydrogen-bond acceptors (Lipinski definition) is 3. The average Bonchev–Trinajstić information content (AvgIpc) is 2.33. The molecule has 0 atom stereocenters. The summed E-state index contributed by atoms with van der Waals surface area (Å²) in [4.78, 5) is 4.09. The fraction of sp³-hybridized carbons (Fsp3) is 0.500. The van der Waals surface area contributed by atoms with Gasteiger partial charge < -0.3 is 10.6 Å². The molecule has 0 aromatic rings. The normalized spacial score (nSPS) is 23.1. The van der Waals surface area contributed by atoms with E-state index in [2.05, 4.69) is 15.6 Å². The smallest absolute Gasteiger partial charge is 0.108 e. The molecule has 48 valence electrons. The fourth-order valence-corrected chi connectivity index (χ4v) is 1.15. The first-order valence-corrected chi connectivity index (χ1v) is 3.17. The first kappa shape index (κ1) is 4.85. The molecular formula is C6H9N3. The third-order valence-electron chi connectivity index (χ3n) is 1.61. The van der Waals surface area contributed by atoms with Crippen molar-refractivity contribution in [2.24, 2.45) is 4.99 Å². The van der Waals surface area contributed by atoms with E-state index in [0.717, 1.165) is 19.6 Å². The van der Waals surface area contributed by atoms with Crippen molar-refractivity contribution in [3.05, 3.63) is 11.4 Å². The Kier molecular flexibility index (Phi) is 0.946. The highest BCUT2D eigenvalue weighted by molar-refractivity contribution is 5.80. The van der Waals surface area contributed by atoms with Crippen molar-refractivity contribution < 1.29 is 0 Å². The van der Waals surface area contributed by atoms with Crippen LogP contribution in [0.25, 0.3) is 0 Å². The van der Waals surface area contributed by atoms with E-state index in [1.54, 1.807) is 0 Å². The van der Waals surface area contributed by atoms with Gasteiger partial charge in [0.05, 0.1) is 0 Å². The van der Waals surface area contributed by atoms with Gasteiger partial charge in [0.25, 0.3) is 0 Å². The lowest BCUT2D eigenvalue weighted by atomic mass is 10.2. The molecule has 0 aliphatic carbocycles. The predicted octanol–water partition coefficient (Wildman–Crippen LogP) is -0.177. The summed E-state index contributed by atoms with van der Waals surface area (Å²) in [7, 11) is 0. The van der Waals surface area contributed by atoms with Gasteiger partial charge in [-0.2, -0.15) is 0 Å². The van der Waals surface area contributed by atoms with Gasteiger partial charge in [0.2, 0.25) is 0 Å². The molecule has 0 aromatic carbocycles. The largest absolute Gasteiger partial charge is 0.371 e. The van der Waals surface area contributed by atoms with Crippen LogP contribution in [0.15, 0.2) is 16.4 Å². The van der Waals surface area contributed by atoms with E-state index in [9.17, 15) is 0 Å². The second-order valence-electron chi connectivity index (χ2n) is 2.22. The van der Waals surface area contributed by atoms with Crippen molar-refractivity contribution in [3.8, 4) is 0 Å². The molecule has 9 heavy (non-hydrogen) atoms. The summed E-state index contributed by atoms with van der Waals surface area (Å²) in [5, 5.41) is 6.39. The Balaban J connectivity index is 2.28. The van der Waals surface area contributed by atoms with E-state index in [4.69, 9.17) is 0 Å². The lowest BCUT2D eigenvalue weighted by Gasteiger charge is -2.09. The van der Waals surface area contributed by atoms with Crippen molar-refractivity contribution in [1.29, 1.82) is 0 Å². The molecule has 0 radical (unpaired) electrons. The molecule has 0 amide bonds. The molecule has 0 saturated carbocycles. The topological polar surface area (TPSA) is 36.4 Å². The van der Waals surface area contributed by atoms with Crippen molar-refractivity contribution in [2.75, 3.05) is 13.2 Å². The summed E-state index contributed by atoms with van der Waals surface area (Å²) in [6, 6.07) is 0. The highest BCUT2D eigenvalue weighted by Gasteiger charge is 2.12. The van der Waals surface area contributed by atoms with Crippen LogP contribution in [0.1, 0.15) is 6.42 Å². The quantitative estimate of drug-likeness (QED) is 0.469. The van der Waals surface area contributed by atoms with Gasteiger partial charge in [-0.05, 0) is 6.42 Å². The van der Waals surface area contributed by atoms with E-state index in [1.807, 2.05) is 6.21 Å². The van der Waals surface area contributed by atoms with Gasteiger partial charge in [0.15, 0.2) is 0 Å². The maximum atomic E-state index is 4.09. The van der Waals surface area contributed by atoms with E-state index >= 15 is 0 Å². The van der Waals surface area contributed by atoms with Crippen LogP contribution in [0.5, 0.6) is 0 Å². The molecule has 0 saturated heterocycles.